The van der Waals surface area contributed by atoms with Gasteiger partial charge in [-0.2, -0.15) is 0 Å². The minimum absolute atomic E-state index is 0.279. The van der Waals surface area contributed by atoms with Crippen molar-refractivity contribution in [1.29, 1.82) is 0 Å². The summed E-state index contributed by atoms with van der Waals surface area (Å²) in [5.41, 5.74) is 7.32. The van der Waals surface area contributed by atoms with Gasteiger partial charge in [-0.05, 0) is 36.9 Å². The van der Waals surface area contributed by atoms with Gasteiger partial charge in [0.2, 0.25) is 0 Å². The van der Waals surface area contributed by atoms with Crippen molar-refractivity contribution in [2.45, 2.75) is 6.04 Å². The molecule has 0 saturated carbocycles. The van der Waals surface area contributed by atoms with Crippen LogP contribution in [0, 0.1) is 5.82 Å². The fourth-order valence-corrected chi connectivity index (χ4v) is 2.59. The molecule has 0 aliphatic carbocycles. The first-order chi connectivity index (χ1) is 9.01. The summed E-state index contributed by atoms with van der Waals surface area (Å²) in [4.78, 5) is 4.02. The molecule has 3 nitrogen and oxygen atoms in total. The maximum Gasteiger partial charge on any atom is 0.128 e. The van der Waals surface area contributed by atoms with E-state index in [0.29, 0.717) is 20.9 Å². The zero-order valence-corrected chi connectivity index (χ0v) is 12.5. The van der Waals surface area contributed by atoms with Gasteiger partial charge in [0, 0.05) is 16.2 Å². The number of nitrogens with zero attached hydrogens (tertiary/aromatic N) is 1. The molecule has 1 unspecified atom stereocenters. The van der Waals surface area contributed by atoms with E-state index in [4.69, 9.17) is 17.3 Å². The molecule has 0 radical (unpaired) electrons. The number of pyridine rings is 1. The second-order valence-electron chi connectivity index (χ2n) is 4.05. The highest BCUT2D eigenvalue weighted by molar-refractivity contribution is 9.10. The van der Waals surface area contributed by atoms with Crippen LogP contribution in [-0.2, 0) is 0 Å². The number of benzene rings is 1. The number of hydrogen-bond donors (Lipinski definition) is 2. The molecule has 0 aliphatic heterocycles. The Hall–Kier alpha value is -1.17. The van der Waals surface area contributed by atoms with E-state index in [9.17, 15) is 4.39 Å². The number of anilines is 1. The van der Waals surface area contributed by atoms with E-state index >= 15 is 0 Å². The molecule has 0 aliphatic rings. The maximum absolute atomic E-state index is 13.5. The second-order valence-corrected chi connectivity index (χ2v) is 5.40. The van der Waals surface area contributed by atoms with Crippen molar-refractivity contribution in [1.82, 2.24) is 10.3 Å². The Morgan fingerprint density at radius 2 is 2.11 bits per heavy atom. The number of aromatic nitrogens is 1. The third-order valence-corrected chi connectivity index (χ3v) is 3.40. The van der Waals surface area contributed by atoms with Crippen LogP contribution in [0.2, 0.25) is 5.02 Å². The highest BCUT2D eigenvalue weighted by atomic mass is 79.9. The third-order valence-electron chi connectivity index (χ3n) is 2.73. The average molecular weight is 345 g/mol. The molecule has 6 heteroatoms. The zero-order valence-electron chi connectivity index (χ0n) is 10.1. The van der Waals surface area contributed by atoms with E-state index in [0.717, 1.165) is 5.56 Å². The van der Waals surface area contributed by atoms with E-state index in [1.807, 2.05) is 6.07 Å². The first-order valence-electron chi connectivity index (χ1n) is 5.55. The minimum atomic E-state index is -0.321. The molecule has 0 saturated heterocycles. The van der Waals surface area contributed by atoms with Crippen LogP contribution in [0.1, 0.15) is 17.2 Å². The van der Waals surface area contributed by atoms with Crippen LogP contribution in [0.5, 0.6) is 0 Å². The smallest absolute Gasteiger partial charge is 0.128 e. The SMILES string of the molecule is CNC(c1cc(F)cc(Br)c1)c1cc(Cl)cnc1N. The predicted octanol–water partition coefficient (Wildman–Crippen LogP) is 3.53. The summed E-state index contributed by atoms with van der Waals surface area (Å²) >= 11 is 9.21. The molecule has 2 rings (SSSR count). The molecule has 1 aromatic heterocycles. The highest BCUT2D eigenvalue weighted by Gasteiger charge is 2.17. The third kappa shape index (κ3) is 3.23. The van der Waals surface area contributed by atoms with Gasteiger partial charge in [-0.25, -0.2) is 9.37 Å². The Balaban J connectivity index is 2.52. The summed E-state index contributed by atoms with van der Waals surface area (Å²) in [7, 11) is 1.77. The van der Waals surface area contributed by atoms with Crippen LogP contribution >= 0.6 is 27.5 Å². The van der Waals surface area contributed by atoms with Crippen LogP contribution < -0.4 is 11.1 Å². The molecule has 2 aromatic rings. The van der Waals surface area contributed by atoms with E-state index in [2.05, 4.69) is 26.2 Å². The molecule has 1 atom stereocenters. The molecule has 3 N–H and O–H groups in total. The Labute approximate surface area is 124 Å². The average Bonchev–Trinajstić information content (AvgIpc) is 2.33. The molecule has 0 spiro atoms. The summed E-state index contributed by atoms with van der Waals surface area (Å²) in [6.07, 6.45) is 1.48. The van der Waals surface area contributed by atoms with Crippen LogP contribution in [-0.4, -0.2) is 12.0 Å². The van der Waals surface area contributed by atoms with Crippen LogP contribution in [0.15, 0.2) is 34.9 Å². The van der Waals surface area contributed by atoms with Gasteiger partial charge < -0.3 is 11.1 Å². The number of nitrogens with one attached hydrogen (secondary N) is 1. The Bertz CT molecular complexity index is 586. The van der Waals surface area contributed by atoms with Gasteiger partial charge in [0.1, 0.15) is 11.6 Å². The van der Waals surface area contributed by atoms with Gasteiger partial charge in [0.05, 0.1) is 11.1 Å². The standard InChI is InChI=1S/C13H12BrClFN3/c1-18-12(7-2-8(14)4-10(16)3-7)11-5-9(15)6-19-13(11)17/h2-6,12,18H,1H3,(H2,17,19). The molecule has 100 valence electrons. The summed E-state index contributed by atoms with van der Waals surface area (Å²) in [6.45, 7) is 0. The summed E-state index contributed by atoms with van der Waals surface area (Å²) in [5, 5.41) is 3.58. The number of nitrogens with two attached hydrogens (primary N) is 1. The molecule has 0 amide bonds. The van der Waals surface area contributed by atoms with Crippen molar-refractivity contribution in [3.05, 3.63) is 56.9 Å². The van der Waals surface area contributed by atoms with Crippen LogP contribution in [0.25, 0.3) is 0 Å². The largest absolute Gasteiger partial charge is 0.383 e. The molecule has 1 heterocycles. The quantitative estimate of drug-likeness (QED) is 0.895. The molecule has 0 fully saturated rings. The molecule has 1 aromatic carbocycles. The van der Waals surface area contributed by atoms with Crippen molar-refractivity contribution >= 4 is 33.3 Å². The lowest BCUT2D eigenvalue weighted by atomic mass is 9.99. The van der Waals surface area contributed by atoms with E-state index in [1.54, 1.807) is 13.1 Å². The second kappa shape index (κ2) is 5.86. The summed E-state index contributed by atoms with van der Waals surface area (Å²) in [5.74, 6) is 0.0438. The molecule has 0 bridgehead atoms. The number of halogens is 3. The fraction of sp³-hybridized carbons (Fsp3) is 0.154. The van der Waals surface area contributed by atoms with E-state index < -0.39 is 0 Å². The van der Waals surface area contributed by atoms with Gasteiger partial charge in [-0.1, -0.05) is 27.5 Å². The van der Waals surface area contributed by atoms with Gasteiger partial charge in [0.15, 0.2) is 0 Å². The summed E-state index contributed by atoms with van der Waals surface area (Å²) in [6, 6.07) is 6.12. The van der Waals surface area contributed by atoms with E-state index in [1.165, 1.54) is 18.3 Å². The Morgan fingerprint density at radius 1 is 1.37 bits per heavy atom. The zero-order chi connectivity index (χ0) is 14.0. The maximum atomic E-state index is 13.5. The summed E-state index contributed by atoms with van der Waals surface area (Å²) < 4.78 is 14.2. The molecular formula is C13H12BrClFN3. The minimum Gasteiger partial charge on any atom is -0.383 e. The lowest BCUT2D eigenvalue weighted by Gasteiger charge is -2.19. The Kier molecular flexibility index (Phi) is 4.39. The predicted molar refractivity (Wildman–Crippen MR) is 78.7 cm³/mol. The van der Waals surface area contributed by atoms with Crippen LogP contribution in [0.3, 0.4) is 0 Å². The number of hydrogen-bond acceptors (Lipinski definition) is 3. The monoisotopic (exact) mass is 343 g/mol. The molecular weight excluding hydrogens is 333 g/mol. The first-order valence-corrected chi connectivity index (χ1v) is 6.72. The van der Waals surface area contributed by atoms with Crippen molar-refractivity contribution < 1.29 is 4.39 Å². The molecule has 19 heavy (non-hydrogen) atoms. The normalized spacial score (nSPS) is 12.4. The lowest BCUT2D eigenvalue weighted by Crippen LogP contribution is -2.19. The topological polar surface area (TPSA) is 50.9 Å². The van der Waals surface area contributed by atoms with Gasteiger partial charge in [-0.15, -0.1) is 0 Å². The van der Waals surface area contributed by atoms with Gasteiger partial charge >= 0.3 is 0 Å². The fourth-order valence-electron chi connectivity index (χ4n) is 1.94. The van der Waals surface area contributed by atoms with Crippen LogP contribution in [0.4, 0.5) is 10.2 Å². The highest BCUT2D eigenvalue weighted by Crippen LogP contribution is 2.29. The van der Waals surface area contributed by atoms with Crippen molar-refractivity contribution in [2.24, 2.45) is 0 Å². The van der Waals surface area contributed by atoms with Gasteiger partial charge in [0.25, 0.3) is 0 Å². The number of rotatable bonds is 3. The van der Waals surface area contributed by atoms with Crippen molar-refractivity contribution in [3.63, 3.8) is 0 Å². The first kappa shape index (κ1) is 14.2. The van der Waals surface area contributed by atoms with Gasteiger partial charge in [-0.3, -0.25) is 0 Å². The van der Waals surface area contributed by atoms with E-state index in [-0.39, 0.29) is 11.9 Å². The van der Waals surface area contributed by atoms with Crippen molar-refractivity contribution in [2.75, 3.05) is 12.8 Å². The Morgan fingerprint density at radius 3 is 2.74 bits per heavy atom. The lowest BCUT2D eigenvalue weighted by molar-refractivity contribution is 0.615. The van der Waals surface area contributed by atoms with Crippen molar-refractivity contribution in [3.8, 4) is 0 Å². The number of nitrogen functional groups attached to an aromatic ring is 1.